The molecule has 1 unspecified atom stereocenters. The van der Waals surface area contributed by atoms with Crippen LogP contribution < -0.4 is 5.73 Å². The Balaban J connectivity index is 3.06. The normalized spacial score (nSPS) is 13.6. The van der Waals surface area contributed by atoms with Gasteiger partial charge in [0.25, 0.3) is 0 Å². The van der Waals surface area contributed by atoms with Gasteiger partial charge >= 0.3 is 0 Å². The van der Waals surface area contributed by atoms with Crippen molar-refractivity contribution in [2.75, 3.05) is 18.9 Å². The second-order valence-corrected chi connectivity index (χ2v) is 4.67. The molecule has 0 bridgehead atoms. The van der Waals surface area contributed by atoms with Crippen molar-refractivity contribution in [3.8, 4) is 0 Å². The zero-order chi connectivity index (χ0) is 7.11. The van der Waals surface area contributed by atoms with Crippen LogP contribution in [0.1, 0.15) is 6.92 Å². The van der Waals surface area contributed by atoms with Crippen molar-refractivity contribution in [3.05, 3.63) is 0 Å². The van der Waals surface area contributed by atoms with Crippen LogP contribution in [0.2, 0.25) is 0 Å². The van der Waals surface area contributed by atoms with E-state index in [4.69, 9.17) is 10.3 Å². The quantitative estimate of drug-likeness (QED) is 0.626. The van der Waals surface area contributed by atoms with Crippen molar-refractivity contribution in [3.63, 3.8) is 0 Å². The van der Waals surface area contributed by atoms with Crippen molar-refractivity contribution in [2.24, 2.45) is 5.73 Å². The lowest BCUT2D eigenvalue weighted by Gasteiger charge is -1.97. The maximum atomic E-state index is 10.7. The fraction of sp³-hybridized carbons (Fsp3) is 1.00. The molecule has 0 heterocycles. The van der Waals surface area contributed by atoms with Gasteiger partial charge < -0.3 is 10.3 Å². The van der Waals surface area contributed by atoms with Gasteiger partial charge in [0.05, 0.1) is 6.61 Å². The molecule has 0 spiro atoms. The second-order valence-electron chi connectivity index (χ2n) is 1.32. The third-order valence-corrected chi connectivity index (χ3v) is 3.47. The highest BCUT2D eigenvalue weighted by atomic mass is 32.7. The molecule has 0 aromatic carbocycles. The van der Waals surface area contributed by atoms with Crippen LogP contribution >= 0.6 is 18.6 Å². The van der Waals surface area contributed by atoms with E-state index in [1.165, 1.54) is 11.4 Å². The average molecular weight is 169 g/mol. The molecule has 9 heavy (non-hydrogen) atoms. The summed E-state index contributed by atoms with van der Waals surface area (Å²) >= 11 is 1.30. The number of nitrogens with two attached hydrogens (primary N) is 1. The first-order valence-electron chi connectivity index (χ1n) is 2.81. The van der Waals surface area contributed by atoms with Crippen LogP contribution in [-0.4, -0.2) is 18.9 Å². The Morgan fingerprint density at radius 3 is 2.89 bits per heavy atom. The van der Waals surface area contributed by atoms with Crippen LogP contribution in [-0.2, 0) is 9.09 Å². The highest BCUT2D eigenvalue weighted by Gasteiger charge is 1.95. The van der Waals surface area contributed by atoms with E-state index in [1.54, 1.807) is 0 Å². The predicted molar refractivity (Wildman–Crippen MR) is 42.1 cm³/mol. The Labute approximate surface area is 60.0 Å². The molecule has 3 nitrogen and oxygen atoms in total. The topological polar surface area (TPSA) is 52.3 Å². The maximum Gasteiger partial charge on any atom is 0.246 e. The van der Waals surface area contributed by atoms with Gasteiger partial charge in [0, 0.05) is 12.3 Å². The summed E-state index contributed by atoms with van der Waals surface area (Å²) in [6.07, 6.45) is 0. The van der Waals surface area contributed by atoms with Crippen molar-refractivity contribution in [1.29, 1.82) is 0 Å². The molecule has 1 atom stereocenters. The van der Waals surface area contributed by atoms with E-state index in [2.05, 4.69) is 0 Å². The minimum atomic E-state index is -1.82. The van der Waals surface area contributed by atoms with Gasteiger partial charge in [-0.15, -0.1) is 0 Å². The highest BCUT2D eigenvalue weighted by molar-refractivity contribution is 8.50. The third-order valence-electron chi connectivity index (χ3n) is 0.600. The Kier molecular flexibility index (Phi) is 6.99. The predicted octanol–water partition coefficient (Wildman–Crippen LogP) is 1.10. The Hall–Kier alpha value is 0.500. The summed E-state index contributed by atoms with van der Waals surface area (Å²) in [6, 6.07) is 0. The van der Waals surface area contributed by atoms with E-state index >= 15 is 0 Å². The molecule has 0 aromatic heterocycles. The lowest BCUT2D eigenvalue weighted by molar-refractivity contribution is 0.361. The molecule has 0 aliphatic rings. The van der Waals surface area contributed by atoms with Crippen LogP contribution in [0.15, 0.2) is 0 Å². The van der Waals surface area contributed by atoms with Crippen molar-refractivity contribution >= 4 is 18.6 Å². The molecule has 56 valence electrons. The summed E-state index contributed by atoms with van der Waals surface area (Å²) < 4.78 is 15.5. The van der Waals surface area contributed by atoms with Gasteiger partial charge in [0.2, 0.25) is 7.23 Å². The number of rotatable bonds is 5. The molecular formula is C4H12NO2PS. The van der Waals surface area contributed by atoms with E-state index in [1.807, 2.05) is 6.92 Å². The Bertz CT molecular complexity index is 90.6. The van der Waals surface area contributed by atoms with Crippen LogP contribution in [0, 0.1) is 0 Å². The van der Waals surface area contributed by atoms with E-state index in [9.17, 15) is 4.57 Å². The van der Waals surface area contributed by atoms with E-state index in [0.717, 1.165) is 5.75 Å². The van der Waals surface area contributed by atoms with Gasteiger partial charge in [-0.1, -0.05) is 11.4 Å². The molecular weight excluding hydrogens is 157 g/mol. The van der Waals surface area contributed by atoms with Gasteiger partial charge in [-0.25, -0.2) is 0 Å². The van der Waals surface area contributed by atoms with Crippen molar-refractivity contribution in [1.82, 2.24) is 0 Å². The lowest BCUT2D eigenvalue weighted by atomic mass is 10.8. The van der Waals surface area contributed by atoms with Crippen LogP contribution in [0.5, 0.6) is 0 Å². The minimum Gasteiger partial charge on any atom is -0.330 e. The second kappa shape index (κ2) is 6.62. The first kappa shape index (κ1) is 9.50. The monoisotopic (exact) mass is 169 g/mol. The zero-order valence-electron chi connectivity index (χ0n) is 5.42. The van der Waals surface area contributed by atoms with Crippen LogP contribution in [0.25, 0.3) is 0 Å². The smallest absolute Gasteiger partial charge is 0.246 e. The molecule has 0 fully saturated rings. The molecule has 0 saturated carbocycles. The maximum absolute atomic E-state index is 10.7. The average Bonchev–Trinajstić information content (AvgIpc) is 1.85. The summed E-state index contributed by atoms with van der Waals surface area (Å²) in [4.78, 5) is 0. The number of hydrogen-bond donors (Lipinski definition) is 1. The first-order chi connectivity index (χ1) is 4.31. The van der Waals surface area contributed by atoms with E-state index in [0.29, 0.717) is 13.2 Å². The summed E-state index contributed by atoms with van der Waals surface area (Å²) in [5, 5.41) is 0. The lowest BCUT2D eigenvalue weighted by Crippen LogP contribution is -1.99. The Morgan fingerprint density at radius 2 is 2.44 bits per heavy atom. The zero-order valence-corrected chi connectivity index (χ0v) is 7.24. The molecule has 5 heteroatoms. The van der Waals surface area contributed by atoms with Crippen molar-refractivity contribution in [2.45, 2.75) is 6.92 Å². The standard InChI is InChI=1S/C4H12NO2PS/c1-2-7-8(6)9-4-3-5/h8H,2-5H2,1H3. The minimum absolute atomic E-state index is 0.523. The summed E-state index contributed by atoms with van der Waals surface area (Å²) in [6.45, 7) is 2.91. The first-order valence-corrected chi connectivity index (χ1v) is 5.83. The Morgan fingerprint density at radius 1 is 1.78 bits per heavy atom. The summed E-state index contributed by atoms with van der Waals surface area (Å²) in [7, 11) is -1.82. The van der Waals surface area contributed by atoms with Crippen molar-refractivity contribution < 1.29 is 9.09 Å². The van der Waals surface area contributed by atoms with Gasteiger partial charge in [0.15, 0.2) is 0 Å². The molecule has 0 aliphatic heterocycles. The highest BCUT2D eigenvalue weighted by Crippen LogP contribution is 2.37. The van der Waals surface area contributed by atoms with Gasteiger partial charge in [-0.2, -0.15) is 0 Å². The summed E-state index contributed by atoms with van der Waals surface area (Å²) in [5.74, 6) is 0.720. The third kappa shape index (κ3) is 6.38. The van der Waals surface area contributed by atoms with E-state index in [-0.39, 0.29) is 0 Å². The van der Waals surface area contributed by atoms with Gasteiger partial charge in [0.1, 0.15) is 0 Å². The molecule has 0 aromatic rings. The molecule has 0 amide bonds. The molecule has 0 saturated heterocycles. The van der Waals surface area contributed by atoms with Gasteiger partial charge in [-0.05, 0) is 6.92 Å². The molecule has 0 radical (unpaired) electrons. The van der Waals surface area contributed by atoms with Crippen LogP contribution in [0.3, 0.4) is 0 Å². The summed E-state index contributed by atoms with van der Waals surface area (Å²) in [5.41, 5.74) is 5.17. The number of hydrogen-bond acceptors (Lipinski definition) is 4. The SMILES string of the molecule is CCO[PH](=O)SCCN. The largest absolute Gasteiger partial charge is 0.330 e. The fourth-order valence-corrected chi connectivity index (χ4v) is 2.36. The molecule has 2 N–H and O–H groups in total. The molecule has 0 aliphatic carbocycles. The fourth-order valence-electron chi connectivity index (χ4n) is 0.302. The van der Waals surface area contributed by atoms with Crippen LogP contribution in [0.4, 0.5) is 0 Å². The van der Waals surface area contributed by atoms with E-state index < -0.39 is 7.23 Å². The molecule has 0 rings (SSSR count). The van der Waals surface area contributed by atoms with Gasteiger partial charge in [-0.3, -0.25) is 4.57 Å².